The summed E-state index contributed by atoms with van der Waals surface area (Å²) in [5.74, 6) is 0.936. The Morgan fingerprint density at radius 2 is 2.16 bits per heavy atom. The summed E-state index contributed by atoms with van der Waals surface area (Å²) in [6.45, 7) is 0.949. The Hall–Kier alpha value is -1.84. The molecule has 19 heavy (non-hydrogen) atoms. The van der Waals surface area contributed by atoms with Gasteiger partial charge in [0.1, 0.15) is 0 Å². The smallest absolute Gasteiger partial charge is 0.254 e. The Kier molecular flexibility index (Phi) is 2.37. The lowest BCUT2D eigenvalue weighted by Gasteiger charge is -2.22. The number of nitrogens with one attached hydrogen (secondary N) is 1. The standard InChI is InChI=1S/C15H17N3O/c19-15(18(13-5-6-13)9-10-1-2-10)11-3-4-12-8-16-17-14(12)7-11/h3-4,7-8,10,13H,1-2,5-6,9H2,(H,16,17). The predicted molar refractivity (Wildman–Crippen MR) is 72.9 cm³/mol. The summed E-state index contributed by atoms with van der Waals surface area (Å²) in [6.07, 6.45) is 6.70. The van der Waals surface area contributed by atoms with Gasteiger partial charge >= 0.3 is 0 Å². The Morgan fingerprint density at radius 3 is 2.89 bits per heavy atom. The van der Waals surface area contributed by atoms with Gasteiger partial charge in [0.15, 0.2) is 0 Å². The molecule has 2 aliphatic carbocycles. The first-order chi connectivity index (χ1) is 9.31. The van der Waals surface area contributed by atoms with Crippen molar-refractivity contribution < 1.29 is 4.79 Å². The van der Waals surface area contributed by atoms with Crippen LogP contribution >= 0.6 is 0 Å². The van der Waals surface area contributed by atoms with Crippen LogP contribution in [-0.4, -0.2) is 33.6 Å². The molecule has 0 atom stereocenters. The van der Waals surface area contributed by atoms with E-state index >= 15 is 0 Å². The number of carbonyl (C=O) groups is 1. The van der Waals surface area contributed by atoms with Gasteiger partial charge in [-0.2, -0.15) is 5.10 Å². The molecule has 98 valence electrons. The topological polar surface area (TPSA) is 49.0 Å². The minimum Gasteiger partial charge on any atom is -0.335 e. The third-order valence-electron chi connectivity index (χ3n) is 4.09. The zero-order valence-corrected chi connectivity index (χ0v) is 10.8. The van der Waals surface area contributed by atoms with Crippen LogP contribution in [0.3, 0.4) is 0 Å². The highest BCUT2D eigenvalue weighted by Crippen LogP contribution is 2.35. The lowest BCUT2D eigenvalue weighted by Crippen LogP contribution is -2.34. The largest absolute Gasteiger partial charge is 0.335 e. The summed E-state index contributed by atoms with van der Waals surface area (Å²) >= 11 is 0. The number of benzene rings is 1. The second-order valence-corrected chi connectivity index (χ2v) is 5.80. The molecule has 1 amide bonds. The van der Waals surface area contributed by atoms with Crippen molar-refractivity contribution in [2.45, 2.75) is 31.7 Å². The SMILES string of the molecule is O=C(c1ccc2cn[nH]c2c1)N(CC1CC1)C1CC1. The van der Waals surface area contributed by atoms with Crippen LogP contribution in [0.25, 0.3) is 10.9 Å². The summed E-state index contributed by atoms with van der Waals surface area (Å²) in [5.41, 5.74) is 1.72. The molecule has 1 aromatic carbocycles. The van der Waals surface area contributed by atoms with Crippen LogP contribution in [0.1, 0.15) is 36.0 Å². The molecule has 1 heterocycles. The van der Waals surface area contributed by atoms with E-state index in [1.54, 1.807) is 6.20 Å². The highest BCUT2D eigenvalue weighted by Gasteiger charge is 2.36. The molecule has 1 N–H and O–H groups in total. The summed E-state index contributed by atoms with van der Waals surface area (Å²) < 4.78 is 0. The van der Waals surface area contributed by atoms with E-state index in [9.17, 15) is 4.79 Å². The summed E-state index contributed by atoms with van der Waals surface area (Å²) in [4.78, 5) is 14.7. The first-order valence-electron chi connectivity index (χ1n) is 7.05. The van der Waals surface area contributed by atoms with Crippen molar-refractivity contribution in [2.24, 2.45) is 5.92 Å². The molecule has 0 spiro atoms. The van der Waals surface area contributed by atoms with Gasteiger partial charge < -0.3 is 4.90 Å². The Balaban J connectivity index is 1.62. The van der Waals surface area contributed by atoms with Crippen LogP contribution in [0.15, 0.2) is 24.4 Å². The van der Waals surface area contributed by atoms with Crippen LogP contribution in [0.4, 0.5) is 0 Å². The van der Waals surface area contributed by atoms with Gasteiger partial charge in [0.2, 0.25) is 0 Å². The van der Waals surface area contributed by atoms with E-state index in [-0.39, 0.29) is 5.91 Å². The summed E-state index contributed by atoms with van der Waals surface area (Å²) in [5, 5.41) is 7.99. The molecule has 2 saturated carbocycles. The van der Waals surface area contributed by atoms with E-state index in [1.807, 2.05) is 18.2 Å². The molecular weight excluding hydrogens is 238 g/mol. The van der Waals surface area contributed by atoms with Crippen molar-refractivity contribution in [1.29, 1.82) is 0 Å². The lowest BCUT2D eigenvalue weighted by molar-refractivity contribution is 0.0735. The quantitative estimate of drug-likeness (QED) is 0.912. The molecule has 2 fully saturated rings. The number of hydrogen-bond acceptors (Lipinski definition) is 2. The second-order valence-electron chi connectivity index (χ2n) is 5.80. The highest BCUT2D eigenvalue weighted by atomic mass is 16.2. The highest BCUT2D eigenvalue weighted by molar-refractivity contribution is 5.98. The van der Waals surface area contributed by atoms with Crippen molar-refractivity contribution in [2.75, 3.05) is 6.54 Å². The normalized spacial score (nSPS) is 18.7. The molecule has 4 heteroatoms. The number of aromatic nitrogens is 2. The molecule has 4 nitrogen and oxygen atoms in total. The maximum atomic E-state index is 12.6. The molecule has 4 rings (SSSR count). The molecule has 0 aliphatic heterocycles. The third-order valence-corrected chi connectivity index (χ3v) is 4.09. The monoisotopic (exact) mass is 255 g/mol. The molecule has 0 unspecified atom stereocenters. The number of H-pyrrole nitrogens is 1. The molecule has 0 bridgehead atoms. The van der Waals surface area contributed by atoms with Gasteiger partial charge in [-0.3, -0.25) is 9.89 Å². The van der Waals surface area contributed by atoms with Gasteiger partial charge in [-0.25, -0.2) is 0 Å². The second kappa shape index (κ2) is 4.08. The number of hydrogen-bond donors (Lipinski definition) is 1. The van der Waals surface area contributed by atoms with E-state index < -0.39 is 0 Å². The van der Waals surface area contributed by atoms with E-state index in [1.165, 1.54) is 25.7 Å². The Morgan fingerprint density at radius 1 is 1.32 bits per heavy atom. The first-order valence-corrected chi connectivity index (χ1v) is 7.05. The van der Waals surface area contributed by atoms with Gasteiger partial charge in [0, 0.05) is 23.5 Å². The van der Waals surface area contributed by atoms with Gasteiger partial charge in [-0.1, -0.05) is 6.07 Å². The van der Waals surface area contributed by atoms with E-state index in [0.29, 0.717) is 6.04 Å². The van der Waals surface area contributed by atoms with Gasteiger partial charge in [-0.15, -0.1) is 0 Å². The number of carbonyl (C=O) groups excluding carboxylic acids is 1. The van der Waals surface area contributed by atoms with Crippen LogP contribution in [0, 0.1) is 5.92 Å². The lowest BCUT2D eigenvalue weighted by atomic mass is 10.1. The van der Waals surface area contributed by atoms with Crippen molar-refractivity contribution in [3.05, 3.63) is 30.0 Å². The van der Waals surface area contributed by atoms with Crippen LogP contribution in [0.5, 0.6) is 0 Å². The molecule has 1 aromatic heterocycles. The summed E-state index contributed by atoms with van der Waals surface area (Å²) in [7, 11) is 0. The number of fused-ring (bicyclic) bond motifs is 1. The first kappa shape index (κ1) is 11.0. The molecule has 0 saturated heterocycles. The predicted octanol–water partition coefficient (Wildman–Crippen LogP) is 2.58. The van der Waals surface area contributed by atoms with Crippen molar-refractivity contribution in [1.82, 2.24) is 15.1 Å². The zero-order valence-electron chi connectivity index (χ0n) is 10.8. The van der Waals surface area contributed by atoms with E-state index in [0.717, 1.165) is 28.9 Å². The molecule has 0 radical (unpaired) electrons. The Bertz CT molecular complexity index is 625. The molecule has 2 aliphatic rings. The number of amides is 1. The average Bonchev–Trinajstić information content (AvgIpc) is 3.33. The third kappa shape index (κ3) is 2.11. The Labute approximate surface area is 111 Å². The minimum absolute atomic E-state index is 0.186. The van der Waals surface area contributed by atoms with Crippen molar-refractivity contribution >= 4 is 16.8 Å². The fourth-order valence-corrected chi connectivity index (χ4v) is 2.60. The fraction of sp³-hybridized carbons (Fsp3) is 0.467. The van der Waals surface area contributed by atoms with Crippen LogP contribution in [-0.2, 0) is 0 Å². The molecule has 2 aromatic rings. The zero-order chi connectivity index (χ0) is 12.8. The fourth-order valence-electron chi connectivity index (χ4n) is 2.60. The van der Waals surface area contributed by atoms with Gasteiger partial charge in [0.05, 0.1) is 11.7 Å². The average molecular weight is 255 g/mol. The number of rotatable bonds is 4. The number of aromatic amines is 1. The van der Waals surface area contributed by atoms with Crippen molar-refractivity contribution in [3.8, 4) is 0 Å². The number of nitrogens with zero attached hydrogens (tertiary/aromatic N) is 2. The van der Waals surface area contributed by atoms with E-state index in [2.05, 4.69) is 15.1 Å². The maximum absolute atomic E-state index is 12.6. The summed E-state index contributed by atoms with van der Waals surface area (Å²) in [6, 6.07) is 6.30. The maximum Gasteiger partial charge on any atom is 0.254 e. The molecular formula is C15H17N3O. The van der Waals surface area contributed by atoms with Crippen LogP contribution < -0.4 is 0 Å². The van der Waals surface area contributed by atoms with E-state index in [4.69, 9.17) is 0 Å². The minimum atomic E-state index is 0.186. The van der Waals surface area contributed by atoms with Gasteiger partial charge in [-0.05, 0) is 43.7 Å². The van der Waals surface area contributed by atoms with Gasteiger partial charge in [0.25, 0.3) is 5.91 Å². The van der Waals surface area contributed by atoms with Crippen LogP contribution in [0.2, 0.25) is 0 Å². The van der Waals surface area contributed by atoms with Crippen molar-refractivity contribution in [3.63, 3.8) is 0 Å².